The van der Waals surface area contributed by atoms with Gasteiger partial charge in [0.25, 0.3) is 0 Å². The third-order valence-corrected chi connectivity index (χ3v) is 4.66. The van der Waals surface area contributed by atoms with E-state index in [-0.39, 0.29) is 12.1 Å². The Labute approximate surface area is 175 Å². The van der Waals surface area contributed by atoms with Gasteiger partial charge < -0.3 is 15.8 Å². The Morgan fingerprint density at radius 1 is 1.14 bits per heavy atom. The zero-order valence-corrected chi connectivity index (χ0v) is 18.8. The number of pyridine rings is 1. The second-order valence-corrected chi connectivity index (χ2v) is 9.10. The van der Waals surface area contributed by atoms with E-state index in [4.69, 9.17) is 15.5 Å². The van der Waals surface area contributed by atoms with Gasteiger partial charge in [-0.25, -0.2) is 4.79 Å². The van der Waals surface area contributed by atoms with Gasteiger partial charge in [0.1, 0.15) is 6.61 Å². The molecule has 0 aliphatic carbocycles. The van der Waals surface area contributed by atoms with Crippen LogP contribution in [0.15, 0.2) is 24.3 Å². The number of amides is 1. The highest BCUT2D eigenvalue weighted by molar-refractivity contribution is 5.74. The Morgan fingerprint density at radius 2 is 1.76 bits per heavy atom. The molecule has 0 spiro atoms. The van der Waals surface area contributed by atoms with Crippen LogP contribution in [-0.4, -0.2) is 16.6 Å². The van der Waals surface area contributed by atoms with Crippen molar-refractivity contribution < 1.29 is 9.53 Å². The second kappa shape index (κ2) is 9.40. The zero-order chi connectivity index (χ0) is 21.8. The van der Waals surface area contributed by atoms with Gasteiger partial charge in [0, 0.05) is 29.0 Å². The van der Waals surface area contributed by atoms with Crippen LogP contribution in [-0.2, 0) is 24.3 Å². The number of alkyl carbamates (subject to hydrolysis) is 1. The van der Waals surface area contributed by atoms with Crippen LogP contribution in [0.5, 0.6) is 0 Å². The fraction of sp³-hybridized carbons (Fsp3) is 0.500. The summed E-state index contributed by atoms with van der Waals surface area (Å²) in [6.45, 7) is 14.7. The maximum atomic E-state index is 12.3. The molecule has 1 aromatic heterocycles. The summed E-state index contributed by atoms with van der Waals surface area (Å²) in [7, 11) is 0. The topological polar surface area (TPSA) is 77.2 Å². The van der Waals surface area contributed by atoms with Crippen molar-refractivity contribution in [2.75, 3.05) is 0 Å². The fourth-order valence-electron chi connectivity index (χ4n) is 3.35. The van der Waals surface area contributed by atoms with Crippen molar-refractivity contribution >= 4 is 6.09 Å². The number of nitrogens with two attached hydrogens (primary N) is 1. The number of benzene rings is 1. The molecule has 0 unspecified atom stereocenters. The van der Waals surface area contributed by atoms with Gasteiger partial charge in [-0.15, -0.1) is 0 Å². The molecule has 0 radical (unpaired) electrons. The molecule has 2 rings (SSSR count). The highest BCUT2D eigenvalue weighted by atomic mass is 16.5. The summed E-state index contributed by atoms with van der Waals surface area (Å²) in [6.07, 6.45) is 0.377. The van der Waals surface area contributed by atoms with E-state index in [1.165, 1.54) is 5.56 Å². The Bertz CT molecular complexity index is 850. The van der Waals surface area contributed by atoms with Gasteiger partial charge in [-0.3, -0.25) is 4.98 Å². The summed E-state index contributed by atoms with van der Waals surface area (Å²) in [6, 6.07) is 8.37. The number of carbonyl (C=O) groups excluding carboxylic acids is 1. The molecule has 0 saturated heterocycles. The van der Waals surface area contributed by atoms with Crippen molar-refractivity contribution in [3.63, 3.8) is 0 Å². The summed E-state index contributed by atoms with van der Waals surface area (Å²) < 4.78 is 5.62. The lowest BCUT2D eigenvalue weighted by Gasteiger charge is -2.23. The molecule has 0 saturated carbocycles. The van der Waals surface area contributed by atoms with Crippen molar-refractivity contribution in [2.45, 2.75) is 73.6 Å². The highest BCUT2D eigenvalue weighted by Gasteiger charge is 2.21. The van der Waals surface area contributed by atoms with Gasteiger partial charge in [-0.05, 0) is 63.6 Å². The number of hydrogen-bond acceptors (Lipinski definition) is 4. The van der Waals surface area contributed by atoms with Gasteiger partial charge in [0.2, 0.25) is 0 Å². The van der Waals surface area contributed by atoms with E-state index in [1.807, 2.05) is 27.7 Å². The SMILES string of the molecule is Cc1ccc(-c2c(CN)c(C)nc(CC(C)C)c2COC(=O)NC(C)(C)C)cc1. The molecule has 0 atom stereocenters. The second-order valence-electron chi connectivity index (χ2n) is 9.10. The van der Waals surface area contributed by atoms with Crippen molar-refractivity contribution in [1.82, 2.24) is 10.3 Å². The molecule has 0 bridgehead atoms. The molecule has 158 valence electrons. The highest BCUT2D eigenvalue weighted by Crippen LogP contribution is 2.33. The Hall–Kier alpha value is -2.40. The molecule has 1 amide bonds. The van der Waals surface area contributed by atoms with E-state index >= 15 is 0 Å². The first-order chi connectivity index (χ1) is 13.5. The normalized spacial score (nSPS) is 11.6. The minimum atomic E-state index is -0.433. The molecule has 0 aliphatic heterocycles. The number of aromatic nitrogens is 1. The molecule has 3 N–H and O–H groups in total. The van der Waals surface area contributed by atoms with Crippen LogP contribution < -0.4 is 11.1 Å². The molecule has 0 fully saturated rings. The zero-order valence-electron chi connectivity index (χ0n) is 18.8. The predicted octanol–water partition coefficient (Wildman–Crippen LogP) is 5.05. The molecule has 2 aromatic rings. The number of nitrogens with zero attached hydrogens (tertiary/aromatic N) is 1. The predicted molar refractivity (Wildman–Crippen MR) is 119 cm³/mol. The van der Waals surface area contributed by atoms with Crippen molar-refractivity contribution in [3.8, 4) is 11.1 Å². The number of hydrogen-bond donors (Lipinski definition) is 2. The van der Waals surface area contributed by atoms with Gasteiger partial charge in [0.05, 0.1) is 0 Å². The smallest absolute Gasteiger partial charge is 0.407 e. The summed E-state index contributed by atoms with van der Waals surface area (Å²) in [5.41, 5.74) is 12.9. The van der Waals surface area contributed by atoms with E-state index < -0.39 is 6.09 Å². The van der Waals surface area contributed by atoms with E-state index in [1.54, 1.807) is 0 Å². The van der Waals surface area contributed by atoms with Gasteiger partial charge in [0.15, 0.2) is 0 Å². The molecule has 1 heterocycles. The van der Waals surface area contributed by atoms with Crippen LogP contribution in [0.3, 0.4) is 0 Å². The monoisotopic (exact) mass is 397 g/mol. The minimum Gasteiger partial charge on any atom is -0.445 e. The molecule has 0 aliphatic rings. The van der Waals surface area contributed by atoms with E-state index in [2.05, 4.69) is 50.4 Å². The first kappa shape index (κ1) is 22.9. The minimum absolute atomic E-state index is 0.160. The summed E-state index contributed by atoms with van der Waals surface area (Å²) in [5.74, 6) is 0.429. The Kier molecular flexibility index (Phi) is 7.42. The van der Waals surface area contributed by atoms with Gasteiger partial charge in [-0.2, -0.15) is 0 Å². The molecular formula is C24H35N3O2. The summed E-state index contributed by atoms with van der Waals surface area (Å²) in [4.78, 5) is 17.1. The maximum Gasteiger partial charge on any atom is 0.407 e. The number of rotatable bonds is 6. The van der Waals surface area contributed by atoms with Crippen molar-refractivity contribution in [3.05, 3.63) is 52.3 Å². The van der Waals surface area contributed by atoms with Crippen LogP contribution in [0.4, 0.5) is 4.79 Å². The fourth-order valence-corrected chi connectivity index (χ4v) is 3.35. The van der Waals surface area contributed by atoms with Gasteiger partial charge in [-0.1, -0.05) is 43.7 Å². The summed E-state index contributed by atoms with van der Waals surface area (Å²) >= 11 is 0. The van der Waals surface area contributed by atoms with Crippen LogP contribution >= 0.6 is 0 Å². The van der Waals surface area contributed by atoms with E-state index in [0.717, 1.165) is 40.1 Å². The molecule has 5 heteroatoms. The van der Waals surface area contributed by atoms with E-state index in [0.29, 0.717) is 12.5 Å². The average Bonchev–Trinajstić information content (AvgIpc) is 2.59. The van der Waals surface area contributed by atoms with Crippen LogP contribution in [0.2, 0.25) is 0 Å². The molecule has 5 nitrogen and oxygen atoms in total. The summed E-state index contributed by atoms with van der Waals surface area (Å²) in [5, 5.41) is 2.85. The number of nitrogens with one attached hydrogen (secondary N) is 1. The maximum absolute atomic E-state index is 12.3. The molecule has 29 heavy (non-hydrogen) atoms. The first-order valence-electron chi connectivity index (χ1n) is 10.2. The number of carbonyl (C=O) groups is 1. The third kappa shape index (κ3) is 6.29. The molecule has 1 aromatic carbocycles. The number of aryl methyl sites for hydroxylation is 2. The van der Waals surface area contributed by atoms with Crippen molar-refractivity contribution in [2.24, 2.45) is 11.7 Å². The lowest BCUT2D eigenvalue weighted by Crippen LogP contribution is -2.40. The van der Waals surface area contributed by atoms with Crippen LogP contribution in [0.25, 0.3) is 11.1 Å². The Morgan fingerprint density at radius 3 is 2.28 bits per heavy atom. The molecular weight excluding hydrogens is 362 g/mol. The standard InChI is InChI=1S/C24H35N3O2/c1-15(2)12-21-20(14-29-23(28)27-24(5,6)7)22(19(13-25)17(4)26-21)18-10-8-16(3)9-11-18/h8-11,15H,12-14,25H2,1-7H3,(H,27,28). The lowest BCUT2D eigenvalue weighted by atomic mass is 9.90. The van der Waals surface area contributed by atoms with Crippen LogP contribution in [0.1, 0.15) is 62.7 Å². The first-order valence-corrected chi connectivity index (χ1v) is 10.2. The van der Waals surface area contributed by atoms with E-state index in [9.17, 15) is 4.79 Å². The lowest BCUT2D eigenvalue weighted by molar-refractivity contribution is 0.131. The number of ether oxygens (including phenoxy) is 1. The quantitative estimate of drug-likeness (QED) is 0.715. The Balaban J connectivity index is 2.56. The third-order valence-electron chi connectivity index (χ3n) is 4.66. The van der Waals surface area contributed by atoms with Crippen molar-refractivity contribution in [1.29, 1.82) is 0 Å². The van der Waals surface area contributed by atoms with Crippen LogP contribution in [0, 0.1) is 19.8 Å². The average molecular weight is 398 g/mol. The van der Waals surface area contributed by atoms with Gasteiger partial charge >= 0.3 is 6.09 Å². The largest absolute Gasteiger partial charge is 0.445 e.